The van der Waals surface area contributed by atoms with Gasteiger partial charge in [-0.15, -0.1) is 0 Å². The Hall–Kier alpha value is -1.23. The number of nitrogens with one attached hydrogen (secondary N) is 1. The first-order valence-electron chi connectivity index (χ1n) is 4.39. The van der Waals surface area contributed by atoms with E-state index >= 15 is 0 Å². The molecule has 16 heavy (non-hydrogen) atoms. The van der Waals surface area contributed by atoms with Gasteiger partial charge in [0.25, 0.3) is 5.91 Å². The number of azide groups is 1. The number of carbonyl (C=O) groups excluding carboxylic acids is 1. The molecule has 0 aliphatic rings. The summed E-state index contributed by atoms with van der Waals surface area (Å²) in [5, 5.41) is 6.27. The first-order valence-corrected chi connectivity index (χ1v) is 5.56. The molecule has 1 N–H and O–H groups in total. The summed E-state index contributed by atoms with van der Waals surface area (Å²) in [6, 6.07) is 5.01. The summed E-state index contributed by atoms with van der Waals surface area (Å²) in [4.78, 5) is 14.2. The van der Waals surface area contributed by atoms with Gasteiger partial charge >= 0.3 is 0 Å². The van der Waals surface area contributed by atoms with Crippen molar-refractivity contribution in [2.24, 2.45) is 5.11 Å². The maximum Gasteiger partial charge on any atom is 0.252 e. The predicted octanol–water partition coefficient (Wildman–Crippen LogP) is 3.14. The predicted molar refractivity (Wildman–Crippen MR) is 65.5 cm³/mol. The van der Waals surface area contributed by atoms with Crippen molar-refractivity contribution < 1.29 is 4.79 Å². The Morgan fingerprint density at radius 2 is 2.38 bits per heavy atom. The van der Waals surface area contributed by atoms with E-state index in [1.165, 1.54) is 0 Å². The van der Waals surface area contributed by atoms with Crippen LogP contribution in [0.3, 0.4) is 0 Å². The van der Waals surface area contributed by atoms with Crippen molar-refractivity contribution in [1.82, 2.24) is 5.32 Å². The van der Waals surface area contributed by atoms with E-state index in [4.69, 9.17) is 17.1 Å². The zero-order chi connectivity index (χ0) is 12.0. The molecule has 0 aliphatic heterocycles. The fourth-order valence-electron chi connectivity index (χ4n) is 1.03. The lowest BCUT2D eigenvalue weighted by Crippen LogP contribution is -2.26. The molecule has 1 aromatic carbocycles. The topological polar surface area (TPSA) is 77.9 Å². The van der Waals surface area contributed by atoms with Gasteiger partial charge in [0.1, 0.15) is 0 Å². The van der Waals surface area contributed by atoms with Crippen LogP contribution in [0.15, 0.2) is 27.8 Å². The third-order valence-corrected chi connectivity index (χ3v) is 2.56. The Morgan fingerprint density at radius 1 is 1.62 bits per heavy atom. The molecule has 7 heteroatoms. The molecule has 5 nitrogen and oxygen atoms in total. The highest BCUT2D eigenvalue weighted by atomic mass is 79.9. The van der Waals surface area contributed by atoms with Gasteiger partial charge in [-0.25, -0.2) is 0 Å². The van der Waals surface area contributed by atoms with Gasteiger partial charge in [-0.2, -0.15) is 0 Å². The van der Waals surface area contributed by atoms with Gasteiger partial charge in [0.15, 0.2) is 0 Å². The van der Waals surface area contributed by atoms with E-state index in [1.54, 1.807) is 18.2 Å². The van der Waals surface area contributed by atoms with Crippen molar-refractivity contribution in [2.45, 2.75) is 0 Å². The molecule has 0 aliphatic carbocycles. The zero-order valence-corrected chi connectivity index (χ0v) is 10.5. The normalized spacial score (nSPS) is 9.38. The summed E-state index contributed by atoms with van der Waals surface area (Å²) in [5.74, 6) is -0.292. The Balaban J connectivity index is 2.65. The summed E-state index contributed by atoms with van der Waals surface area (Å²) >= 11 is 9.12. The lowest BCUT2D eigenvalue weighted by Gasteiger charge is -2.05. The van der Waals surface area contributed by atoms with E-state index in [9.17, 15) is 4.79 Å². The molecule has 0 spiro atoms. The molecule has 1 rings (SSSR count). The van der Waals surface area contributed by atoms with Crippen LogP contribution in [0.1, 0.15) is 10.4 Å². The van der Waals surface area contributed by atoms with Crippen LogP contribution in [0, 0.1) is 0 Å². The number of carbonyl (C=O) groups is 1. The van der Waals surface area contributed by atoms with Crippen LogP contribution in [0.5, 0.6) is 0 Å². The van der Waals surface area contributed by atoms with Crippen LogP contribution >= 0.6 is 27.5 Å². The van der Waals surface area contributed by atoms with Crippen molar-refractivity contribution in [3.63, 3.8) is 0 Å². The number of hydrogen-bond acceptors (Lipinski definition) is 2. The molecule has 1 aromatic rings. The quantitative estimate of drug-likeness (QED) is 0.394. The number of nitrogens with zero attached hydrogens (tertiary/aromatic N) is 3. The summed E-state index contributed by atoms with van der Waals surface area (Å²) in [5.41, 5.74) is 8.43. The maximum absolute atomic E-state index is 11.6. The van der Waals surface area contributed by atoms with Crippen LogP contribution in [0.2, 0.25) is 5.02 Å². The van der Waals surface area contributed by atoms with Crippen molar-refractivity contribution in [3.05, 3.63) is 43.7 Å². The summed E-state index contributed by atoms with van der Waals surface area (Å²) in [7, 11) is 0. The van der Waals surface area contributed by atoms with E-state index in [-0.39, 0.29) is 19.0 Å². The fourth-order valence-corrected chi connectivity index (χ4v) is 1.60. The second-order valence-electron chi connectivity index (χ2n) is 2.83. The maximum atomic E-state index is 11.6. The monoisotopic (exact) mass is 302 g/mol. The van der Waals surface area contributed by atoms with E-state index in [2.05, 4.69) is 31.3 Å². The molecule has 1 amide bonds. The van der Waals surface area contributed by atoms with Crippen molar-refractivity contribution in [2.75, 3.05) is 13.1 Å². The van der Waals surface area contributed by atoms with Crippen LogP contribution in [0.25, 0.3) is 10.4 Å². The molecule has 0 saturated heterocycles. The number of amides is 1. The largest absolute Gasteiger partial charge is 0.352 e. The van der Waals surface area contributed by atoms with Gasteiger partial charge in [-0.05, 0) is 23.7 Å². The van der Waals surface area contributed by atoms with Gasteiger partial charge in [-0.3, -0.25) is 4.79 Å². The van der Waals surface area contributed by atoms with E-state index < -0.39 is 0 Å². The van der Waals surface area contributed by atoms with Crippen LogP contribution < -0.4 is 5.32 Å². The smallest absolute Gasteiger partial charge is 0.252 e. The third-order valence-electron chi connectivity index (χ3n) is 1.73. The molecular formula is C9H8BrClN4O. The summed E-state index contributed by atoms with van der Waals surface area (Å²) in [6.45, 7) is 0.500. The van der Waals surface area contributed by atoms with Gasteiger partial charge in [-0.1, -0.05) is 32.6 Å². The van der Waals surface area contributed by atoms with E-state index in [1.807, 2.05) is 0 Å². The first kappa shape index (κ1) is 12.8. The summed E-state index contributed by atoms with van der Waals surface area (Å²) in [6.07, 6.45) is 0. The molecule has 0 aromatic heterocycles. The zero-order valence-electron chi connectivity index (χ0n) is 8.15. The summed E-state index contributed by atoms with van der Waals surface area (Å²) < 4.78 is 0.775. The molecule has 0 saturated carbocycles. The lowest BCUT2D eigenvalue weighted by atomic mass is 10.2. The molecule has 0 atom stereocenters. The Kier molecular flexibility index (Phi) is 5.11. The van der Waals surface area contributed by atoms with Gasteiger partial charge in [0.2, 0.25) is 0 Å². The Morgan fingerprint density at radius 3 is 3.06 bits per heavy atom. The van der Waals surface area contributed by atoms with Crippen LogP contribution in [-0.2, 0) is 0 Å². The second-order valence-corrected chi connectivity index (χ2v) is 4.16. The average molecular weight is 304 g/mol. The van der Waals surface area contributed by atoms with Crippen LogP contribution in [-0.4, -0.2) is 19.0 Å². The second kappa shape index (κ2) is 6.37. The molecule has 84 valence electrons. The molecule has 0 fully saturated rings. The van der Waals surface area contributed by atoms with Crippen LogP contribution in [0.4, 0.5) is 0 Å². The third kappa shape index (κ3) is 3.73. The Labute approximate surface area is 106 Å². The highest BCUT2D eigenvalue weighted by molar-refractivity contribution is 9.10. The molecule has 0 unspecified atom stereocenters. The lowest BCUT2D eigenvalue weighted by molar-refractivity contribution is 0.0955. The highest BCUT2D eigenvalue weighted by Gasteiger charge is 2.09. The molecule has 0 bridgehead atoms. The van der Waals surface area contributed by atoms with Gasteiger partial charge in [0, 0.05) is 22.5 Å². The average Bonchev–Trinajstić information content (AvgIpc) is 2.27. The number of benzene rings is 1. The van der Waals surface area contributed by atoms with Gasteiger partial charge in [0.05, 0.1) is 10.6 Å². The number of hydrogen-bond donors (Lipinski definition) is 1. The molecule has 0 heterocycles. The molecule has 0 radical (unpaired) electrons. The van der Waals surface area contributed by atoms with Crippen molar-refractivity contribution in [3.8, 4) is 0 Å². The van der Waals surface area contributed by atoms with Gasteiger partial charge < -0.3 is 5.32 Å². The van der Waals surface area contributed by atoms with E-state index in [0.29, 0.717) is 10.6 Å². The SMILES string of the molecule is [N-]=[N+]=NCCNC(=O)c1cc(Br)ccc1Cl. The minimum Gasteiger partial charge on any atom is -0.352 e. The first-order chi connectivity index (χ1) is 7.65. The minimum atomic E-state index is -0.292. The standard InChI is InChI=1S/C9H8BrClN4O/c10-6-1-2-8(11)7(5-6)9(16)13-3-4-14-15-12/h1-2,5H,3-4H2,(H,13,16). The number of rotatable bonds is 4. The number of halogens is 2. The van der Waals surface area contributed by atoms with E-state index in [0.717, 1.165) is 4.47 Å². The minimum absolute atomic E-state index is 0.216. The Bertz CT molecular complexity index is 445. The van der Waals surface area contributed by atoms with Crippen molar-refractivity contribution in [1.29, 1.82) is 0 Å². The fraction of sp³-hybridized carbons (Fsp3) is 0.222. The molecular weight excluding hydrogens is 295 g/mol. The highest BCUT2D eigenvalue weighted by Crippen LogP contribution is 2.20. The van der Waals surface area contributed by atoms with Crippen molar-refractivity contribution >= 4 is 33.4 Å².